The van der Waals surface area contributed by atoms with Crippen molar-refractivity contribution in [1.82, 2.24) is 4.90 Å². The lowest BCUT2D eigenvalue weighted by atomic mass is 9.82. The van der Waals surface area contributed by atoms with Crippen molar-refractivity contribution in [3.8, 4) is 0 Å². The molecular formula is C14H21NO4. The fraction of sp³-hybridized carbons (Fsp3) is 0.571. The highest BCUT2D eigenvalue weighted by atomic mass is 16.5. The molecule has 0 heterocycles. The summed E-state index contributed by atoms with van der Waals surface area (Å²) in [6.07, 6.45) is 6.25. The van der Waals surface area contributed by atoms with Crippen molar-refractivity contribution in [2.24, 2.45) is 11.8 Å². The SMILES string of the molecule is C=CCN(CCOC)C(=O)[C@@H]1CC=CC[C@@H]1C(=O)O. The van der Waals surface area contributed by atoms with Crippen LogP contribution in [0.4, 0.5) is 0 Å². The van der Waals surface area contributed by atoms with E-state index < -0.39 is 17.8 Å². The quantitative estimate of drug-likeness (QED) is 0.706. The number of methoxy groups -OCH3 is 1. The minimum atomic E-state index is -0.909. The van der Waals surface area contributed by atoms with Crippen molar-refractivity contribution < 1.29 is 19.4 Å². The second kappa shape index (κ2) is 7.74. The van der Waals surface area contributed by atoms with E-state index in [1.54, 1.807) is 18.1 Å². The summed E-state index contributed by atoms with van der Waals surface area (Å²) in [6, 6.07) is 0. The van der Waals surface area contributed by atoms with Gasteiger partial charge in [0.15, 0.2) is 0 Å². The molecule has 0 aromatic carbocycles. The Morgan fingerprint density at radius 1 is 1.42 bits per heavy atom. The lowest BCUT2D eigenvalue weighted by molar-refractivity contribution is -0.150. The molecule has 1 N–H and O–H groups in total. The molecule has 0 fully saturated rings. The molecular weight excluding hydrogens is 246 g/mol. The summed E-state index contributed by atoms with van der Waals surface area (Å²) < 4.78 is 4.97. The van der Waals surface area contributed by atoms with Crippen molar-refractivity contribution in [3.63, 3.8) is 0 Å². The molecule has 19 heavy (non-hydrogen) atoms. The number of allylic oxidation sites excluding steroid dienone is 2. The molecule has 1 aliphatic carbocycles. The van der Waals surface area contributed by atoms with E-state index in [4.69, 9.17) is 4.74 Å². The van der Waals surface area contributed by atoms with Gasteiger partial charge in [-0.2, -0.15) is 0 Å². The zero-order valence-corrected chi connectivity index (χ0v) is 11.2. The highest BCUT2D eigenvalue weighted by molar-refractivity contribution is 5.85. The third kappa shape index (κ3) is 4.21. The van der Waals surface area contributed by atoms with E-state index in [0.717, 1.165) is 0 Å². The van der Waals surface area contributed by atoms with Crippen molar-refractivity contribution in [2.45, 2.75) is 12.8 Å². The van der Waals surface area contributed by atoms with Crippen LogP contribution >= 0.6 is 0 Å². The molecule has 1 rings (SSSR count). The molecule has 0 aliphatic heterocycles. The van der Waals surface area contributed by atoms with E-state index in [1.807, 2.05) is 12.2 Å². The number of amides is 1. The number of aliphatic carboxylic acids is 1. The Kier molecular flexibility index (Phi) is 6.29. The van der Waals surface area contributed by atoms with Crippen LogP contribution in [0.5, 0.6) is 0 Å². The first kappa shape index (κ1) is 15.4. The van der Waals surface area contributed by atoms with E-state index in [9.17, 15) is 14.7 Å². The topological polar surface area (TPSA) is 66.8 Å². The maximum Gasteiger partial charge on any atom is 0.307 e. The van der Waals surface area contributed by atoms with E-state index in [0.29, 0.717) is 32.5 Å². The molecule has 0 spiro atoms. The van der Waals surface area contributed by atoms with E-state index >= 15 is 0 Å². The van der Waals surface area contributed by atoms with Gasteiger partial charge in [0.25, 0.3) is 0 Å². The summed E-state index contributed by atoms with van der Waals surface area (Å²) in [4.78, 5) is 25.3. The zero-order chi connectivity index (χ0) is 14.3. The van der Waals surface area contributed by atoms with Gasteiger partial charge in [-0.05, 0) is 12.8 Å². The van der Waals surface area contributed by atoms with Crippen LogP contribution in [0.25, 0.3) is 0 Å². The minimum Gasteiger partial charge on any atom is -0.481 e. The molecule has 0 saturated carbocycles. The van der Waals surface area contributed by atoms with Crippen LogP contribution in [0.15, 0.2) is 24.8 Å². The average Bonchev–Trinajstić information content (AvgIpc) is 2.42. The lowest BCUT2D eigenvalue weighted by Crippen LogP contribution is -2.43. The third-order valence-corrected chi connectivity index (χ3v) is 3.29. The number of hydrogen-bond acceptors (Lipinski definition) is 3. The average molecular weight is 267 g/mol. The second-order valence-corrected chi connectivity index (χ2v) is 4.56. The standard InChI is InChI=1S/C14H21NO4/c1-3-8-15(9-10-19-2)13(16)11-6-4-5-7-12(11)14(17)18/h3-5,11-12H,1,6-10H2,2H3,(H,17,18)/t11-,12+/m1/s1. The van der Waals surface area contributed by atoms with Crippen LogP contribution in [-0.2, 0) is 14.3 Å². The molecule has 2 atom stereocenters. The number of nitrogens with zero attached hydrogens (tertiary/aromatic N) is 1. The molecule has 0 aromatic heterocycles. The Balaban J connectivity index is 2.78. The highest BCUT2D eigenvalue weighted by Crippen LogP contribution is 2.27. The molecule has 1 aliphatic rings. The maximum atomic E-state index is 12.4. The van der Waals surface area contributed by atoms with Crippen LogP contribution in [0.2, 0.25) is 0 Å². The van der Waals surface area contributed by atoms with Crippen LogP contribution in [-0.4, -0.2) is 48.7 Å². The van der Waals surface area contributed by atoms with E-state index in [2.05, 4.69) is 6.58 Å². The van der Waals surface area contributed by atoms with Crippen molar-refractivity contribution in [1.29, 1.82) is 0 Å². The second-order valence-electron chi connectivity index (χ2n) is 4.56. The molecule has 106 valence electrons. The Bertz CT molecular complexity index is 364. The Morgan fingerprint density at radius 3 is 2.58 bits per heavy atom. The highest BCUT2D eigenvalue weighted by Gasteiger charge is 2.35. The first-order valence-corrected chi connectivity index (χ1v) is 6.38. The summed E-state index contributed by atoms with van der Waals surface area (Å²) in [5.41, 5.74) is 0. The van der Waals surface area contributed by atoms with Gasteiger partial charge in [0.2, 0.25) is 5.91 Å². The first-order chi connectivity index (χ1) is 9.11. The van der Waals surface area contributed by atoms with Gasteiger partial charge in [0.1, 0.15) is 0 Å². The molecule has 0 aromatic rings. The Morgan fingerprint density at radius 2 is 2.05 bits per heavy atom. The number of ether oxygens (including phenoxy) is 1. The van der Waals surface area contributed by atoms with Crippen LogP contribution in [0, 0.1) is 11.8 Å². The summed E-state index contributed by atoms with van der Waals surface area (Å²) in [6.45, 7) is 4.92. The predicted molar refractivity (Wildman–Crippen MR) is 71.6 cm³/mol. The number of rotatable bonds is 7. The van der Waals surface area contributed by atoms with E-state index in [1.165, 1.54) is 0 Å². The maximum absolute atomic E-state index is 12.4. The van der Waals surface area contributed by atoms with Gasteiger partial charge in [-0.25, -0.2) is 0 Å². The molecule has 0 bridgehead atoms. The van der Waals surface area contributed by atoms with Crippen LogP contribution < -0.4 is 0 Å². The van der Waals surface area contributed by atoms with Gasteiger partial charge < -0.3 is 14.7 Å². The van der Waals surface area contributed by atoms with Gasteiger partial charge in [-0.15, -0.1) is 6.58 Å². The fourth-order valence-electron chi connectivity index (χ4n) is 2.24. The number of carbonyl (C=O) groups is 2. The van der Waals surface area contributed by atoms with Gasteiger partial charge >= 0.3 is 5.97 Å². The predicted octanol–water partition coefficient (Wildman–Crippen LogP) is 1.31. The van der Waals surface area contributed by atoms with Crippen LogP contribution in [0.1, 0.15) is 12.8 Å². The summed E-state index contributed by atoms with van der Waals surface area (Å²) in [5.74, 6) is -2.16. The number of carboxylic acids is 1. The summed E-state index contributed by atoms with van der Waals surface area (Å²) in [5, 5.41) is 9.20. The van der Waals surface area contributed by atoms with Gasteiger partial charge in [-0.3, -0.25) is 9.59 Å². The van der Waals surface area contributed by atoms with Crippen LogP contribution in [0.3, 0.4) is 0 Å². The normalized spacial score (nSPS) is 21.9. The number of carbonyl (C=O) groups excluding carboxylic acids is 1. The first-order valence-electron chi connectivity index (χ1n) is 6.38. The third-order valence-electron chi connectivity index (χ3n) is 3.29. The van der Waals surface area contributed by atoms with Crippen molar-refractivity contribution >= 4 is 11.9 Å². The van der Waals surface area contributed by atoms with E-state index in [-0.39, 0.29) is 5.91 Å². The Hall–Kier alpha value is -1.62. The molecule has 0 radical (unpaired) electrons. The lowest BCUT2D eigenvalue weighted by Gasteiger charge is -2.30. The number of carboxylic acid groups (broad SMARTS) is 1. The van der Waals surface area contributed by atoms with Gasteiger partial charge in [-0.1, -0.05) is 18.2 Å². The fourth-order valence-corrected chi connectivity index (χ4v) is 2.24. The largest absolute Gasteiger partial charge is 0.481 e. The Labute approximate surface area is 113 Å². The smallest absolute Gasteiger partial charge is 0.307 e. The van der Waals surface area contributed by atoms with Gasteiger partial charge in [0, 0.05) is 20.2 Å². The van der Waals surface area contributed by atoms with Gasteiger partial charge in [0.05, 0.1) is 18.4 Å². The molecule has 1 amide bonds. The molecule has 0 saturated heterocycles. The zero-order valence-electron chi connectivity index (χ0n) is 11.2. The monoisotopic (exact) mass is 267 g/mol. The minimum absolute atomic E-state index is 0.131. The molecule has 0 unspecified atom stereocenters. The molecule has 5 nitrogen and oxygen atoms in total. The van der Waals surface area contributed by atoms with Crippen molar-refractivity contribution in [2.75, 3.05) is 26.8 Å². The molecule has 5 heteroatoms. The number of hydrogen-bond donors (Lipinski definition) is 1. The summed E-state index contributed by atoms with van der Waals surface area (Å²) >= 11 is 0. The summed E-state index contributed by atoms with van der Waals surface area (Å²) in [7, 11) is 1.57. The van der Waals surface area contributed by atoms with Crippen molar-refractivity contribution in [3.05, 3.63) is 24.8 Å².